The highest BCUT2D eigenvalue weighted by Crippen LogP contribution is 2.39. The van der Waals surface area contributed by atoms with Crippen LogP contribution in [0.4, 0.5) is 0 Å². The highest BCUT2D eigenvalue weighted by atomic mass is 16.7. The van der Waals surface area contributed by atoms with Gasteiger partial charge in [0.15, 0.2) is 6.29 Å². The Labute approximate surface area is 288 Å². The van der Waals surface area contributed by atoms with Crippen LogP contribution in [-0.4, -0.2) is 59.6 Å². The lowest BCUT2D eigenvalue weighted by atomic mass is 9.97. The number of hydrogen-bond donors (Lipinski definition) is 0. The Balaban J connectivity index is 1.26. The second-order valence-electron chi connectivity index (χ2n) is 12.9. The summed E-state index contributed by atoms with van der Waals surface area (Å²) in [4.78, 5) is 13.8. The smallest absolute Gasteiger partial charge is 0.355 e. The molecule has 1 fully saturated rings. The Bertz CT molecular complexity index is 1900. The number of rotatable bonds is 11. The Morgan fingerprint density at radius 3 is 2.65 bits per heavy atom. The summed E-state index contributed by atoms with van der Waals surface area (Å²) < 4.78 is 34.4. The van der Waals surface area contributed by atoms with Gasteiger partial charge in [-0.05, 0) is 68.9 Å². The fourth-order valence-corrected chi connectivity index (χ4v) is 7.39. The molecule has 1 saturated heterocycles. The first-order valence-corrected chi connectivity index (χ1v) is 17.9. The summed E-state index contributed by atoms with van der Waals surface area (Å²) in [5.74, 6) is 0.592. The fraction of sp³-hybridized carbons (Fsp3) is 0.450. The van der Waals surface area contributed by atoms with Crippen molar-refractivity contribution < 1.29 is 28.5 Å². The molecule has 2 aliphatic rings. The SMILES string of the molecule is CCOC(=O)c1c(CCCOc2cccc3ccccc23)c2cccc3c2n1CCCCOCc1c-3c(CCOC2CCCCO2)nn1C. The van der Waals surface area contributed by atoms with Gasteiger partial charge in [0, 0.05) is 55.1 Å². The molecular weight excluding hydrogens is 618 g/mol. The molecule has 0 aliphatic carbocycles. The lowest BCUT2D eigenvalue weighted by molar-refractivity contribution is -0.161. The van der Waals surface area contributed by atoms with Crippen LogP contribution in [0.3, 0.4) is 0 Å². The Morgan fingerprint density at radius 2 is 1.78 bits per heavy atom. The molecule has 9 nitrogen and oxygen atoms in total. The van der Waals surface area contributed by atoms with Crippen molar-refractivity contribution in [2.45, 2.75) is 77.7 Å². The average Bonchev–Trinajstić information content (AvgIpc) is 3.60. The maximum absolute atomic E-state index is 13.8. The summed E-state index contributed by atoms with van der Waals surface area (Å²) in [7, 11) is 1.99. The second-order valence-corrected chi connectivity index (χ2v) is 12.9. The van der Waals surface area contributed by atoms with Gasteiger partial charge in [-0.25, -0.2) is 4.79 Å². The van der Waals surface area contributed by atoms with Gasteiger partial charge < -0.3 is 28.3 Å². The molecule has 0 saturated carbocycles. The monoisotopic (exact) mass is 665 g/mol. The number of aromatic nitrogens is 3. The number of carbonyl (C=O) groups is 1. The van der Waals surface area contributed by atoms with E-state index in [0.717, 1.165) is 101 Å². The van der Waals surface area contributed by atoms with Gasteiger partial charge in [0.05, 0.1) is 43.3 Å². The Kier molecular flexibility index (Phi) is 10.6. The van der Waals surface area contributed by atoms with Gasteiger partial charge >= 0.3 is 5.97 Å². The van der Waals surface area contributed by atoms with Crippen molar-refractivity contribution in [1.29, 1.82) is 0 Å². The zero-order chi connectivity index (χ0) is 33.6. The molecule has 0 bridgehead atoms. The van der Waals surface area contributed by atoms with E-state index >= 15 is 0 Å². The first-order valence-electron chi connectivity index (χ1n) is 17.9. The first-order chi connectivity index (χ1) is 24.1. The van der Waals surface area contributed by atoms with Crippen LogP contribution in [0.25, 0.3) is 32.8 Å². The van der Waals surface area contributed by atoms with Crippen molar-refractivity contribution in [3.63, 3.8) is 0 Å². The number of nitrogens with zero attached hydrogens (tertiary/aromatic N) is 3. The van der Waals surface area contributed by atoms with Crippen LogP contribution in [0.2, 0.25) is 0 Å². The zero-order valence-corrected chi connectivity index (χ0v) is 28.7. The van der Waals surface area contributed by atoms with E-state index in [1.807, 2.05) is 42.9 Å². The lowest BCUT2D eigenvalue weighted by Crippen LogP contribution is -2.23. The van der Waals surface area contributed by atoms with Gasteiger partial charge in [0.2, 0.25) is 0 Å². The van der Waals surface area contributed by atoms with Crippen LogP contribution in [-0.2, 0) is 52.0 Å². The molecule has 7 rings (SSSR count). The number of esters is 1. The van der Waals surface area contributed by atoms with Gasteiger partial charge in [0.25, 0.3) is 0 Å². The van der Waals surface area contributed by atoms with E-state index in [2.05, 4.69) is 41.0 Å². The van der Waals surface area contributed by atoms with Crippen LogP contribution in [0, 0.1) is 0 Å². The molecule has 0 amide bonds. The summed E-state index contributed by atoms with van der Waals surface area (Å²) in [5.41, 5.74) is 6.79. The molecule has 3 aromatic carbocycles. The van der Waals surface area contributed by atoms with Crippen LogP contribution in [0.1, 0.15) is 72.9 Å². The number of ether oxygens (including phenoxy) is 5. The molecule has 2 aromatic heterocycles. The predicted octanol–water partition coefficient (Wildman–Crippen LogP) is 7.78. The van der Waals surface area contributed by atoms with E-state index in [9.17, 15) is 4.79 Å². The molecule has 258 valence electrons. The minimum Gasteiger partial charge on any atom is -0.493 e. The van der Waals surface area contributed by atoms with E-state index in [1.54, 1.807) is 0 Å². The molecule has 4 heterocycles. The fourth-order valence-electron chi connectivity index (χ4n) is 7.39. The lowest BCUT2D eigenvalue weighted by Gasteiger charge is -2.22. The topological polar surface area (TPSA) is 86.0 Å². The maximum Gasteiger partial charge on any atom is 0.355 e. The normalized spacial score (nSPS) is 16.7. The van der Waals surface area contributed by atoms with Crippen LogP contribution < -0.4 is 4.74 Å². The Morgan fingerprint density at radius 1 is 0.939 bits per heavy atom. The van der Waals surface area contributed by atoms with E-state index in [0.29, 0.717) is 58.1 Å². The van der Waals surface area contributed by atoms with Crippen molar-refractivity contribution in [2.24, 2.45) is 7.05 Å². The third-order valence-corrected chi connectivity index (χ3v) is 9.68. The van der Waals surface area contributed by atoms with Crippen molar-refractivity contribution in [3.8, 4) is 16.9 Å². The largest absolute Gasteiger partial charge is 0.493 e. The van der Waals surface area contributed by atoms with Gasteiger partial charge in [-0.3, -0.25) is 4.68 Å². The molecule has 0 spiro atoms. The summed E-state index contributed by atoms with van der Waals surface area (Å²) in [6.45, 7) is 5.75. The number of fused-ring (bicyclic) bond motifs is 3. The van der Waals surface area contributed by atoms with Gasteiger partial charge in [-0.2, -0.15) is 5.10 Å². The molecule has 5 aromatic rings. The number of benzene rings is 3. The molecule has 9 heteroatoms. The third-order valence-electron chi connectivity index (χ3n) is 9.68. The number of aryl methyl sites for hydroxylation is 3. The van der Waals surface area contributed by atoms with Crippen molar-refractivity contribution in [1.82, 2.24) is 14.3 Å². The molecular formula is C40H47N3O6. The van der Waals surface area contributed by atoms with E-state index < -0.39 is 0 Å². The maximum atomic E-state index is 13.8. The molecule has 0 N–H and O–H groups in total. The summed E-state index contributed by atoms with van der Waals surface area (Å²) >= 11 is 0. The number of para-hydroxylation sites is 1. The number of carbonyl (C=O) groups excluding carboxylic acids is 1. The molecule has 2 aliphatic heterocycles. The third kappa shape index (κ3) is 7.11. The highest BCUT2D eigenvalue weighted by Gasteiger charge is 2.29. The first kappa shape index (κ1) is 33.3. The Hall–Kier alpha value is -4.18. The second kappa shape index (κ2) is 15.6. The summed E-state index contributed by atoms with van der Waals surface area (Å²) in [6.07, 6.45) is 6.81. The van der Waals surface area contributed by atoms with E-state index in [4.69, 9.17) is 28.8 Å². The van der Waals surface area contributed by atoms with Gasteiger partial charge in [-0.1, -0.05) is 54.6 Å². The van der Waals surface area contributed by atoms with Crippen molar-refractivity contribution in [3.05, 3.63) is 83.3 Å². The molecule has 49 heavy (non-hydrogen) atoms. The quantitative estimate of drug-likeness (QED) is 0.105. The van der Waals surface area contributed by atoms with E-state index in [-0.39, 0.29) is 12.3 Å². The molecule has 0 radical (unpaired) electrons. The summed E-state index contributed by atoms with van der Waals surface area (Å²) in [5, 5.41) is 8.33. The van der Waals surface area contributed by atoms with Gasteiger partial charge in [-0.15, -0.1) is 0 Å². The minimum atomic E-state index is -0.284. The van der Waals surface area contributed by atoms with Crippen LogP contribution >= 0.6 is 0 Å². The highest BCUT2D eigenvalue weighted by molar-refractivity contribution is 6.05. The van der Waals surface area contributed by atoms with Gasteiger partial charge in [0.1, 0.15) is 11.4 Å². The summed E-state index contributed by atoms with van der Waals surface area (Å²) in [6, 6.07) is 20.8. The van der Waals surface area contributed by atoms with Crippen molar-refractivity contribution in [2.75, 3.05) is 33.0 Å². The van der Waals surface area contributed by atoms with Crippen LogP contribution in [0.5, 0.6) is 5.75 Å². The zero-order valence-electron chi connectivity index (χ0n) is 28.7. The van der Waals surface area contributed by atoms with E-state index in [1.165, 1.54) is 0 Å². The predicted molar refractivity (Wildman–Crippen MR) is 190 cm³/mol. The molecule has 1 atom stereocenters. The standard InChI is InChI=1S/C40H47N3O6/c1-3-46-40(44)39-31(18-12-25-47-35-19-10-14-28-13-4-5-15-29(28)35)30-16-11-17-32-37-33(21-26-49-36-20-6-8-24-48-36)41-42(2)34(37)27-45-23-9-7-22-43(39)38(30)32/h4-5,10-11,13-17,19,36H,3,6-9,12,18,20-27H2,1-2H3. The average molecular weight is 666 g/mol. The molecule has 1 unspecified atom stereocenters. The minimum absolute atomic E-state index is 0.155. The van der Waals surface area contributed by atoms with Crippen LogP contribution in [0.15, 0.2) is 60.7 Å². The van der Waals surface area contributed by atoms with Crippen molar-refractivity contribution >= 4 is 27.6 Å². The number of hydrogen-bond acceptors (Lipinski definition) is 7.